The third kappa shape index (κ3) is 5.01. The standard InChI is InChI=1S/C18H28N2O/c1-2-6-12-20(11-5-1)13-14-21-18-8-4-3-7-16(18)15-19-17-9-10-17/h3-4,7-8,17,19H,1-2,5-6,9-15H2. The summed E-state index contributed by atoms with van der Waals surface area (Å²) in [6.45, 7) is 5.29. The number of nitrogens with zero attached hydrogens (tertiary/aromatic N) is 1. The molecular formula is C18H28N2O. The smallest absolute Gasteiger partial charge is 0.123 e. The number of nitrogens with one attached hydrogen (secondary N) is 1. The van der Waals surface area contributed by atoms with Crippen molar-refractivity contribution in [3.63, 3.8) is 0 Å². The maximum Gasteiger partial charge on any atom is 0.123 e. The lowest BCUT2D eigenvalue weighted by Gasteiger charge is -2.20. The zero-order valence-electron chi connectivity index (χ0n) is 13.0. The lowest BCUT2D eigenvalue weighted by Crippen LogP contribution is -2.29. The maximum atomic E-state index is 6.05. The minimum Gasteiger partial charge on any atom is -0.492 e. The SMILES string of the molecule is c1ccc(OCCN2CCCCCC2)c(CNC2CC2)c1. The summed E-state index contributed by atoms with van der Waals surface area (Å²) < 4.78 is 6.05. The van der Waals surface area contributed by atoms with Gasteiger partial charge in [-0.15, -0.1) is 0 Å². The summed E-state index contributed by atoms with van der Waals surface area (Å²) in [5.41, 5.74) is 1.29. The fourth-order valence-electron chi connectivity index (χ4n) is 2.98. The average Bonchev–Trinajstić information content (AvgIpc) is 3.34. The van der Waals surface area contributed by atoms with E-state index < -0.39 is 0 Å². The quantitative estimate of drug-likeness (QED) is 0.834. The highest BCUT2D eigenvalue weighted by Gasteiger charge is 2.20. The summed E-state index contributed by atoms with van der Waals surface area (Å²) in [4.78, 5) is 2.55. The maximum absolute atomic E-state index is 6.05. The molecule has 1 aliphatic carbocycles. The molecule has 0 unspecified atom stereocenters. The normalized spacial score (nSPS) is 20.2. The van der Waals surface area contributed by atoms with Gasteiger partial charge in [0.2, 0.25) is 0 Å². The van der Waals surface area contributed by atoms with Gasteiger partial charge in [-0.05, 0) is 44.8 Å². The van der Waals surface area contributed by atoms with Gasteiger partial charge in [-0.2, -0.15) is 0 Å². The van der Waals surface area contributed by atoms with Gasteiger partial charge >= 0.3 is 0 Å². The Hall–Kier alpha value is -1.06. The molecule has 1 aromatic rings. The number of hydrogen-bond donors (Lipinski definition) is 1. The van der Waals surface area contributed by atoms with E-state index in [0.717, 1.165) is 31.5 Å². The molecular weight excluding hydrogens is 260 g/mol. The number of hydrogen-bond acceptors (Lipinski definition) is 3. The molecule has 0 atom stereocenters. The molecule has 1 aromatic carbocycles. The van der Waals surface area contributed by atoms with Crippen molar-refractivity contribution in [1.29, 1.82) is 0 Å². The number of rotatable bonds is 7. The van der Waals surface area contributed by atoms with Crippen LogP contribution >= 0.6 is 0 Å². The molecule has 3 rings (SSSR count). The number of para-hydroxylation sites is 1. The predicted molar refractivity (Wildman–Crippen MR) is 86.7 cm³/mol. The minimum atomic E-state index is 0.746. The molecule has 1 saturated carbocycles. The van der Waals surface area contributed by atoms with E-state index in [-0.39, 0.29) is 0 Å². The summed E-state index contributed by atoms with van der Waals surface area (Å²) in [5.74, 6) is 1.06. The second-order valence-electron chi connectivity index (χ2n) is 6.37. The van der Waals surface area contributed by atoms with Crippen molar-refractivity contribution in [2.24, 2.45) is 0 Å². The van der Waals surface area contributed by atoms with Gasteiger partial charge in [0, 0.05) is 24.7 Å². The number of ether oxygens (including phenoxy) is 1. The van der Waals surface area contributed by atoms with Crippen LogP contribution in [0.5, 0.6) is 5.75 Å². The van der Waals surface area contributed by atoms with E-state index in [1.165, 1.54) is 57.2 Å². The molecule has 1 saturated heterocycles. The number of likely N-dealkylation sites (tertiary alicyclic amines) is 1. The minimum absolute atomic E-state index is 0.746. The predicted octanol–water partition coefficient (Wildman–Crippen LogP) is 3.19. The van der Waals surface area contributed by atoms with Crippen LogP contribution in [0.25, 0.3) is 0 Å². The first kappa shape index (κ1) is 14.9. The molecule has 1 heterocycles. The molecule has 2 aliphatic rings. The summed E-state index contributed by atoms with van der Waals surface area (Å²) in [6, 6.07) is 9.20. The summed E-state index contributed by atoms with van der Waals surface area (Å²) in [5, 5.41) is 3.57. The van der Waals surface area contributed by atoms with Gasteiger partial charge < -0.3 is 10.1 Å². The van der Waals surface area contributed by atoms with E-state index in [0.29, 0.717) is 0 Å². The average molecular weight is 288 g/mol. The summed E-state index contributed by atoms with van der Waals surface area (Å²) in [7, 11) is 0. The molecule has 1 N–H and O–H groups in total. The lowest BCUT2D eigenvalue weighted by molar-refractivity contribution is 0.213. The molecule has 3 nitrogen and oxygen atoms in total. The van der Waals surface area contributed by atoms with E-state index in [9.17, 15) is 0 Å². The molecule has 0 bridgehead atoms. The highest BCUT2D eigenvalue weighted by Crippen LogP contribution is 2.22. The van der Waals surface area contributed by atoms with Crippen molar-refractivity contribution in [3.8, 4) is 5.75 Å². The van der Waals surface area contributed by atoms with Crippen LogP contribution in [0.4, 0.5) is 0 Å². The van der Waals surface area contributed by atoms with Gasteiger partial charge in [0.25, 0.3) is 0 Å². The van der Waals surface area contributed by atoms with Crippen molar-refractivity contribution in [2.75, 3.05) is 26.2 Å². The van der Waals surface area contributed by atoms with Gasteiger partial charge in [0.05, 0.1) is 0 Å². The second kappa shape index (κ2) is 7.81. The van der Waals surface area contributed by atoms with Gasteiger partial charge in [-0.25, -0.2) is 0 Å². The first-order valence-corrected chi connectivity index (χ1v) is 8.58. The molecule has 0 spiro atoms. The number of benzene rings is 1. The molecule has 116 valence electrons. The molecule has 0 amide bonds. The lowest BCUT2D eigenvalue weighted by atomic mass is 10.2. The fraction of sp³-hybridized carbons (Fsp3) is 0.667. The highest BCUT2D eigenvalue weighted by molar-refractivity contribution is 5.33. The van der Waals surface area contributed by atoms with Gasteiger partial charge in [-0.1, -0.05) is 31.0 Å². The first-order valence-electron chi connectivity index (χ1n) is 8.58. The summed E-state index contributed by atoms with van der Waals surface area (Å²) in [6.07, 6.45) is 8.15. The van der Waals surface area contributed by atoms with Crippen LogP contribution in [0.2, 0.25) is 0 Å². The first-order chi connectivity index (χ1) is 10.4. The second-order valence-corrected chi connectivity index (χ2v) is 6.37. The third-order valence-electron chi connectivity index (χ3n) is 4.49. The Labute approximate surface area is 128 Å². The van der Waals surface area contributed by atoms with E-state index in [2.05, 4.69) is 34.5 Å². The zero-order chi connectivity index (χ0) is 14.3. The third-order valence-corrected chi connectivity index (χ3v) is 4.49. The van der Waals surface area contributed by atoms with Crippen LogP contribution in [0, 0.1) is 0 Å². The molecule has 0 radical (unpaired) electrons. The Morgan fingerprint density at radius 1 is 1.05 bits per heavy atom. The highest BCUT2D eigenvalue weighted by atomic mass is 16.5. The van der Waals surface area contributed by atoms with Gasteiger partial charge in [0.15, 0.2) is 0 Å². The van der Waals surface area contributed by atoms with Crippen molar-refractivity contribution in [2.45, 2.75) is 51.1 Å². The van der Waals surface area contributed by atoms with Gasteiger partial charge in [0.1, 0.15) is 12.4 Å². The molecule has 1 aliphatic heterocycles. The Balaban J connectivity index is 1.45. The van der Waals surface area contributed by atoms with E-state index >= 15 is 0 Å². The topological polar surface area (TPSA) is 24.5 Å². The Bertz CT molecular complexity index is 423. The van der Waals surface area contributed by atoms with E-state index in [1.54, 1.807) is 0 Å². The molecule has 3 heteroatoms. The van der Waals surface area contributed by atoms with E-state index in [4.69, 9.17) is 4.74 Å². The Morgan fingerprint density at radius 2 is 1.81 bits per heavy atom. The molecule has 0 aromatic heterocycles. The van der Waals surface area contributed by atoms with Crippen molar-refractivity contribution < 1.29 is 4.74 Å². The fourth-order valence-corrected chi connectivity index (χ4v) is 2.98. The van der Waals surface area contributed by atoms with Crippen molar-refractivity contribution >= 4 is 0 Å². The van der Waals surface area contributed by atoms with Crippen molar-refractivity contribution in [3.05, 3.63) is 29.8 Å². The van der Waals surface area contributed by atoms with E-state index in [1.807, 2.05) is 0 Å². The van der Waals surface area contributed by atoms with Crippen LogP contribution in [0.15, 0.2) is 24.3 Å². The van der Waals surface area contributed by atoms with Crippen LogP contribution in [-0.4, -0.2) is 37.2 Å². The monoisotopic (exact) mass is 288 g/mol. The zero-order valence-corrected chi connectivity index (χ0v) is 13.0. The Kier molecular flexibility index (Phi) is 5.53. The van der Waals surface area contributed by atoms with Gasteiger partial charge in [-0.3, -0.25) is 4.90 Å². The van der Waals surface area contributed by atoms with Crippen molar-refractivity contribution in [1.82, 2.24) is 10.2 Å². The molecule has 21 heavy (non-hydrogen) atoms. The largest absolute Gasteiger partial charge is 0.492 e. The molecule has 2 fully saturated rings. The van der Waals surface area contributed by atoms with Crippen LogP contribution in [0.1, 0.15) is 44.1 Å². The Morgan fingerprint density at radius 3 is 2.57 bits per heavy atom. The van der Waals surface area contributed by atoms with Crippen LogP contribution in [-0.2, 0) is 6.54 Å². The van der Waals surface area contributed by atoms with Crippen LogP contribution < -0.4 is 10.1 Å². The summed E-state index contributed by atoms with van der Waals surface area (Å²) >= 11 is 0. The van der Waals surface area contributed by atoms with Crippen LogP contribution in [0.3, 0.4) is 0 Å².